The van der Waals surface area contributed by atoms with Gasteiger partial charge < -0.3 is 19.8 Å². The Morgan fingerprint density at radius 3 is 2.00 bits per heavy atom. The average Bonchev–Trinajstić information content (AvgIpc) is 3.05. The SMILES string of the molecule is COc1ccc(N2CCC(N3C[C@H]4C[C@H](O)[C@H](O)C[C@H]4C3)CC2)cc1. The molecular weight excluding hydrogens is 316 g/mol. The predicted octanol–water partition coefficient (Wildman–Crippen LogP) is 1.73. The van der Waals surface area contributed by atoms with E-state index in [0.717, 1.165) is 44.8 Å². The number of aliphatic hydroxyl groups excluding tert-OH is 2. The van der Waals surface area contributed by atoms with E-state index >= 15 is 0 Å². The number of hydrogen-bond donors (Lipinski definition) is 2. The van der Waals surface area contributed by atoms with Crippen molar-refractivity contribution in [1.29, 1.82) is 0 Å². The summed E-state index contributed by atoms with van der Waals surface area (Å²) in [5.41, 5.74) is 1.28. The maximum absolute atomic E-state index is 9.94. The van der Waals surface area contributed by atoms with Crippen LogP contribution in [0.1, 0.15) is 25.7 Å². The fraction of sp³-hybridized carbons (Fsp3) is 0.700. The van der Waals surface area contributed by atoms with Gasteiger partial charge in [-0.1, -0.05) is 0 Å². The number of fused-ring (bicyclic) bond motifs is 1. The Morgan fingerprint density at radius 2 is 1.48 bits per heavy atom. The zero-order valence-corrected chi connectivity index (χ0v) is 15.1. The molecule has 2 N–H and O–H groups in total. The molecule has 5 nitrogen and oxygen atoms in total. The summed E-state index contributed by atoms with van der Waals surface area (Å²) in [5.74, 6) is 2.04. The molecule has 1 aromatic rings. The molecule has 0 amide bonds. The molecule has 4 rings (SSSR count). The van der Waals surface area contributed by atoms with E-state index in [9.17, 15) is 10.2 Å². The van der Waals surface area contributed by atoms with E-state index in [1.807, 2.05) is 12.1 Å². The third kappa shape index (κ3) is 3.50. The molecule has 3 fully saturated rings. The Bertz CT molecular complexity index is 553. The Morgan fingerprint density at radius 1 is 0.920 bits per heavy atom. The van der Waals surface area contributed by atoms with Gasteiger partial charge in [0.15, 0.2) is 0 Å². The number of likely N-dealkylation sites (tertiary alicyclic amines) is 1. The number of methoxy groups -OCH3 is 1. The van der Waals surface area contributed by atoms with E-state index in [4.69, 9.17) is 4.74 Å². The quantitative estimate of drug-likeness (QED) is 0.873. The van der Waals surface area contributed by atoms with E-state index in [0.29, 0.717) is 17.9 Å². The van der Waals surface area contributed by atoms with Crippen LogP contribution in [0, 0.1) is 11.8 Å². The van der Waals surface area contributed by atoms with Crippen LogP contribution in [0.25, 0.3) is 0 Å². The van der Waals surface area contributed by atoms with Crippen molar-refractivity contribution in [2.75, 3.05) is 38.2 Å². The molecule has 25 heavy (non-hydrogen) atoms. The molecule has 0 unspecified atom stereocenters. The molecule has 5 heteroatoms. The minimum absolute atomic E-state index is 0.516. The lowest BCUT2D eigenvalue weighted by Crippen LogP contribution is -2.44. The summed E-state index contributed by atoms with van der Waals surface area (Å²) in [4.78, 5) is 5.10. The van der Waals surface area contributed by atoms with Gasteiger partial charge in [0.05, 0.1) is 19.3 Å². The summed E-state index contributed by atoms with van der Waals surface area (Å²) in [6.45, 7) is 4.38. The van der Waals surface area contributed by atoms with Crippen molar-refractivity contribution < 1.29 is 14.9 Å². The van der Waals surface area contributed by atoms with E-state index in [2.05, 4.69) is 21.9 Å². The normalized spacial score (nSPS) is 34.1. The highest BCUT2D eigenvalue weighted by Crippen LogP contribution is 2.38. The highest BCUT2D eigenvalue weighted by Gasteiger charge is 2.43. The lowest BCUT2D eigenvalue weighted by atomic mass is 9.79. The van der Waals surface area contributed by atoms with Crippen molar-refractivity contribution in [1.82, 2.24) is 4.90 Å². The van der Waals surface area contributed by atoms with Crippen LogP contribution in [0.2, 0.25) is 0 Å². The molecule has 0 spiro atoms. The van der Waals surface area contributed by atoms with Crippen LogP contribution in [0.15, 0.2) is 24.3 Å². The van der Waals surface area contributed by atoms with Crippen LogP contribution in [-0.2, 0) is 0 Å². The van der Waals surface area contributed by atoms with E-state index in [1.165, 1.54) is 18.5 Å². The molecule has 4 atom stereocenters. The summed E-state index contributed by atoms with van der Waals surface area (Å²) >= 11 is 0. The lowest BCUT2D eigenvalue weighted by Gasteiger charge is -2.38. The molecular formula is C20H30N2O3. The maximum Gasteiger partial charge on any atom is 0.119 e. The van der Waals surface area contributed by atoms with E-state index in [-0.39, 0.29) is 0 Å². The number of anilines is 1. The minimum Gasteiger partial charge on any atom is -0.497 e. The molecule has 2 saturated heterocycles. The first-order valence-corrected chi connectivity index (χ1v) is 9.63. The van der Waals surface area contributed by atoms with Gasteiger partial charge in [0, 0.05) is 37.9 Å². The fourth-order valence-corrected chi connectivity index (χ4v) is 5.02. The first-order valence-electron chi connectivity index (χ1n) is 9.63. The van der Waals surface area contributed by atoms with Crippen molar-refractivity contribution in [3.05, 3.63) is 24.3 Å². The molecule has 3 aliphatic rings. The highest BCUT2D eigenvalue weighted by molar-refractivity contribution is 5.49. The Hall–Kier alpha value is -1.30. The van der Waals surface area contributed by atoms with Crippen LogP contribution in [0.3, 0.4) is 0 Å². The summed E-state index contributed by atoms with van der Waals surface area (Å²) < 4.78 is 5.24. The van der Waals surface area contributed by atoms with Gasteiger partial charge in [-0.05, 0) is 61.8 Å². The van der Waals surface area contributed by atoms with Gasteiger partial charge in [0.1, 0.15) is 5.75 Å². The second kappa shape index (κ2) is 7.14. The second-order valence-electron chi connectivity index (χ2n) is 8.00. The van der Waals surface area contributed by atoms with Gasteiger partial charge in [-0.3, -0.25) is 4.90 Å². The second-order valence-corrected chi connectivity index (χ2v) is 8.00. The van der Waals surface area contributed by atoms with Crippen LogP contribution >= 0.6 is 0 Å². The molecule has 138 valence electrons. The van der Waals surface area contributed by atoms with Crippen LogP contribution in [0.5, 0.6) is 5.75 Å². The van der Waals surface area contributed by atoms with Crippen molar-refractivity contribution in [2.45, 2.75) is 43.9 Å². The van der Waals surface area contributed by atoms with Crippen molar-refractivity contribution >= 4 is 5.69 Å². The van der Waals surface area contributed by atoms with Gasteiger partial charge in [0.25, 0.3) is 0 Å². The highest BCUT2D eigenvalue weighted by atomic mass is 16.5. The zero-order chi connectivity index (χ0) is 17.4. The number of hydrogen-bond acceptors (Lipinski definition) is 5. The van der Waals surface area contributed by atoms with Crippen LogP contribution in [0.4, 0.5) is 5.69 Å². The summed E-state index contributed by atoms with van der Waals surface area (Å²) in [5, 5.41) is 19.9. The Balaban J connectivity index is 1.31. The predicted molar refractivity (Wildman–Crippen MR) is 98.0 cm³/mol. The van der Waals surface area contributed by atoms with Gasteiger partial charge >= 0.3 is 0 Å². The van der Waals surface area contributed by atoms with Gasteiger partial charge in [-0.15, -0.1) is 0 Å². The van der Waals surface area contributed by atoms with E-state index < -0.39 is 12.2 Å². The van der Waals surface area contributed by atoms with Crippen molar-refractivity contribution in [3.8, 4) is 5.75 Å². The smallest absolute Gasteiger partial charge is 0.119 e. The van der Waals surface area contributed by atoms with E-state index in [1.54, 1.807) is 7.11 Å². The largest absolute Gasteiger partial charge is 0.497 e. The first-order chi connectivity index (χ1) is 12.1. The summed E-state index contributed by atoms with van der Waals surface area (Å²) in [6.07, 6.45) is 2.89. The maximum atomic E-state index is 9.94. The van der Waals surface area contributed by atoms with Gasteiger partial charge in [0.2, 0.25) is 0 Å². The number of aliphatic hydroxyl groups is 2. The van der Waals surface area contributed by atoms with Crippen molar-refractivity contribution in [2.24, 2.45) is 11.8 Å². The topological polar surface area (TPSA) is 56.2 Å². The third-order valence-electron chi connectivity index (χ3n) is 6.56. The molecule has 0 aromatic heterocycles. The fourth-order valence-electron chi connectivity index (χ4n) is 5.02. The van der Waals surface area contributed by atoms with Crippen LogP contribution in [-0.4, -0.2) is 66.7 Å². The molecule has 0 bridgehead atoms. The third-order valence-corrected chi connectivity index (χ3v) is 6.56. The number of ether oxygens (including phenoxy) is 1. The number of benzene rings is 1. The monoisotopic (exact) mass is 346 g/mol. The molecule has 1 aliphatic carbocycles. The number of piperidine rings is 1. The number of rotatable bonds is 3. The standard InChI is InChI=1S/C20H30N2O3/c1-25-18-4-2-16(3-5-18)21-8-6-17(7-9-21)22-12-14-10-19(23)20(24)11-15(14)13-22/h2-5,14-15,17,19-20,23-24H,6-13H2,1H3/t14-,15+,19+,20-. The Kier molecular flexibility index (Phi) is 4.89. The Labute approximate surface area is 150 Å². The molecule has 0 radical (unpaired) electrons. The zero-order valence-electron chi connectivity index (χ0n) is 15.1. The molecule has 2 aliphatic heterocycles. The molecule has 2 heterocycles. The first kappa shape index (κ1) is 17.1. The van der Waals surface area contributed by atoms with Crippen LogP contribution < -0.4 is 9.64 Å². The summed E-state index contributed by atoms with van der Waals surface area (Å²) in [7, 11) is 1.70. The lowest BCUT2D eigenvalue weighted by molar-refractivity contribution is -0.0372. The molecule has 1 saturated carbocycles. The van der Waals surface area contributed by atoms with Gasteiger partial charge in [-0.2, -0.15) is 0 Å². The number of nitrogens with zero attached hydrogens (tertiary/aromatic N) is 2. The minimum atomic E-state index is -0.516. The average molecular weight is 346 g/mol. The summed E-state index contributed by atoms with van der Waals surface area (Å²) in [6, 6.07) is 9.00. The molecule has 1 aromatic carbocycles. The van der Waals surface area contributed by atoms with Gasteiger partial charge in [-0.25, -0.2) is 0 Å². The van der Waals surface area contributed by atoms with Crippen molar-refractivity contribution in [3.63, 3.8) is 0 Å².